The molecular formula is C21H28N4O. The molecule has 1 aliphatic heterocycles. The molecule has 26 heavy (non-hydrogen) atoms. The van der Waals surface area contributed by atoms with Crippen LogP contribution in [-0.2, 0) is 0 Å². The summed E-state index contributed by atoms with van der Waals surface area (Å²) in [5.74, 6) is -0.176. The van der Waals surface area contributed by atoms with Gasteiger partial charge in [0.1, 0.15) is 5.69 Å². The molecule has 0 radical (unpaired) electrons. The van der Waals surface area contributed by atoms with Crippen molar-refractivity contribution in [3.8, 4) is 0 Å². The summed E-state index contributed by atoms with van der Waals surface area (Å²) in [5.41, 5.74) is 3.49. The average Bonchev–Trinajstić information content (AvgIpc) is 2.70. The lowest BCUT2D eigenvalue weighted by Gasteiger charge is -2.28. The summed E-state index contributed by atoms with van der Waals surface area (Å²) >= 11 is 0. The lowest BCUT2D eigenvalue weighted by Crippen LogP contribution is -2.29. The highest BCUT2D eigenvalue weighted by atomic mass is 16.1. The Kier molecular flexibility index (Phi) is 6.10. The molecule has 138 valence electrons. The molecule has 0 unspecified atom stereocenters. The first kappa shape index (κ1) is 18.2. The predicted molar refractivity (Wildman–Crippen MR) is 108 cm³/mol. The van der Waals surface area contributed by atoms with Crippen LogP contribution in [0.2, 0.25) is 0 Å². The third-order valence-electron chi connectivity index (χ3n) is 4.95. The number of aromatic nitrogens is 1. The first-order chi connectivity index (χ1) is 12.7. The Bertz CT molecular complexity index is 719. The number of carbonyl (C=O) groups is 1. The van der Waals surface area contributed by atoms with Crippen molar-refractivity contribution < 1.29 is 4.79 Å². The summed E-state index contributed by atoms with van der Waals surface area (Å²) in [6, 6.07) is 11.9. The Hall–Kier alpha value is -2.56. The quantitative estimate of drug-likeness (QED) is 0.848. The third-order valence-corrected chi connectivity index (χ3v) is 4.95. The van der Waals surface area contributed by atoms with Gasteiger partial charge < -0.3 is 15.1 Å². The smallest absolute Gasteiger partial charge is 0.274 e. The van der Waals surface area contributed by atoms with Gasteiger partial charge in [0.25, 0.3) is 5.91 Å². The predicted octanol–water partition coefficient (Wildman–Crippen LogP) is 4.17. The van der Waals surface area contributed by atoms with Crippen molar-refractivity contribution in [2.45, 2.75) is 33.1 Å². The molecule has 1 amide bonds. The zero-order chi connectivity index (χ0) is 18.4. The van der Waals surface area contributed by atoms with Crippen LogP contribution in [0.4, 0.5) is 17.1 Å². The molecule has 1 aliphatic rings. The molecule has 5 nitrogen and oxygen atoms in total. The van der Waals surface area contributed by atoms with E-state index in [1.165, 1.54) is 24.9 Å². The minimum atomic E-state index is -0.176. The van der Waals surface area contributed by atoms with Gasteiger partial charge >= 0.3 is 0 Å². The van der Waals surface area contributed by atoms with E-state index in [-0.39, 0.29) is 5.91 Å². The summed E-state index contributed by atoms with van der Waals surface area (Å²) in [7, 11) is 0. The van der Waals surface area contributed by atoms with Crippen LogP contribution < -0.4 is 15.1 Å². The number of hydrogen-bond acceptors (Lipinski definition) is 4. The molecule has 1 N–H and O–H groups in total. The van der Waals surface area contributed by atoms with E-state index in [1.54, 1.807) is 6.20 Å². The van der Waals surface area contributed by atoms with Gasteiger partial charge in [-0.1, -0.05) is 0 Å². The van der Waals surface area contributed by atoms with Crippen LogP contribution in [-0.4, -0.2) is 37.1 Å². The average molecular weight is 352 g/mol. The van der Waals surface area contributed by atoms with Crippen molar-refractivity contribution in [3.63, 3.8) is 0 Å². The van der Waals surface area contributed by atoms with E-state index in [1.807, 2.05) is 24.3 Å². The van der Waals surface area contributed by atoms with Gasteiger partial charge in [0.05, 0.1) is 0 Å². The number of nitrogens with zero attached hydrogens (tertiary/aromatic N) is 3. The van der Waals surface area contributed by atoms with Crippen molar-refractivity contribution in [2.75, 3.05) is 41.3 Å². The van der Waals surface area contributed by atoms with Gasteiger partial charge in [-0.15, -0.1) is 0 Å². The molecular weight excluding hydrogens is 324 g/mol. The largest absolute Gasteiger partial charge is 0.372 e. The molecule has 3 rings (SSSR count). The number of benzene rings is 1. The maximum atomic E-state index is 12.5. The van der Waals surface area contributed by atoms with Gasteiger partial charge in [0.15, 0.2) is 0 Å². The van der Waals surface area contributed by atoms with Crippen molar-refractivity contribution in [2.24, 2.45) is 0 Å². The zero-order valence-electron chi connectivity index (χ0n) is 15.7. The monoisotopic (exact) mass is 352 g/mol. The molecule has 0 bridgehead atoms. The zero-order valence-corrected chi connectivity index (χ0v) is 15.7. The number of nitrogens with one attached hydrogen (secondary N) is 1. The standard InChI is InChI=1S/C21H28N4O/c1-3-24(4-2)19-12-13-22-20(16-19)21(26)23-17-8-10-18(11-9-17)25-14-6-5-7-15-25/h8-13,16H,3-7,14-15H2,1-2H3,(H,23,26). The van der Waals surface area contributed by atoms with Gasteiger partial charge in [-0.25, -0.2) is 0 Å². The number of carbonyl (C=O) groups excluding carboxylic acids is 1. The lowest BCUT2D eigenvalue weighted by atomic mass is 10.1. The molecule has 0 spiro atoms. The first-order valence-electron chi connectivity index (χ1n) is 9.58. The fourth-order valence-electron chi connectivity index (χ4n) is 3.43. The number of rotatable bonds is 6. The van der Waals surface area contributed by atoms with Crippen molar-refractivity contribution in [1.82, 2.24) is 4.98 Å². The van der Waals surface area contributed by atoms with Crippen LogP contribution in [0.3, 0.4) is 0 Å². The number of piperidine rings is 1. The van der Waals surface area contributed by atoms with Crippen LogP contribution in [0.15, 0.2) is 42.6 Å². The van der Waals surface area contributed by atoms with E-state index in [0.29, 0.717) is 5.69 Å². The highest BCUT2D eigenvalue weighted by Crippen LogP contribution is 2.22. The maximum Gasteiger partial charge on any atom is 0.274 e. The highest BCUT2D eigenvalue weighted by Gasteiger charge is 2.13. The number of anilines is 3. The lowest BCUT2D eigenvalue weighted by molar-refractivity contribution is 0.102. The summed E-state index contributed by atoms with van der Waals surface area (Å²) in [4.78, 5) is 21.4. The maximum absolute atomic E-state index is 12.5. The molecule has 0 atom stereocenters. The summed E-state index contributed by atoms with van der Waals surface area (Å²) in [6.07, 6.45) is 5.53. The Morgan fingerprint density at radius 2 is 1.77 bits per heavy atom. The molecule has 1 aromatic heterocycles. The molecule has 0 saturated carbocycles. The minimum absolute atomic E-state index is 0.176. The molecule has 5 heteroatoms. The number of pyridine rings is 1. The second kappa shape index (κ2) is 8.70. The fourth-order valence-corrected chi connectivity index (χ4v) is 3.43. The second-order valence-corrected chi connectivity index (χ2v) is 6.62. The summed E-state index contributed by atoms with van der Waals surface area (Å²) in [5, 5.41) is 2.95. The number of amides is 1. The summed E-state index contributed by atoms with van der Waals surface area (Å²) < 4.78 is 0. The normalized spacial score (nSPS) is 14.2. The Labute approximate surface area is 156 Å². The first-order valence-corrected chi connectivity index (χ1v) is 9.58. The van der Waals surface area contributed by atoms with E-state index in [0.717, 1.165) is 37.6 Å². The molecule has 2 aromatic rings. The van der Waals surface area contributed by atoms with Gasteiger partial charge in [0, 0.05) is 49.4 Å². The fraction of sp³-hybridized carbons (Fsp3) is 0.429. The second-order valence-electron chi connectivity index (χ2n) is 6.62. The Morgan fingerprint density at radius 3 is 2.42 bits per heavy atom. The van der Waals surface area contributed by atoms with E-state index in [4.69, 9.17) is 0 Å². The van der Waals surface area contributed by atoms with Crippen LogP contribution in [0.5, 0.6) is 0 Å². The van der Waals surface area contributed by atoms with E-state index in [2.05, 4.69) is 46.1 Å². The Morgan fingerprint density at radius 1 is 1.08 bits per heavy atom. The van der Waals surface area contributed by atoms with Crippen molar-refractivity contribution in [3.05, 3.63) is 48.3 Å². The van der Waals surface area contributed by atoms with Gasteiger partial charge in [0.2, 0.25) is 0 Å². The minimum Gasteiger partial charge on any atom is -0.372 e. The van der Waals surface area contributed by atoms with Crippen LogP contribution in [0.1, 0.15) is 43.6 Å². The van der Waals surface area contributed by atoms with Crippen LogP contribution in [0.25, 0.3) is 0 Å². The molecule has 1 aromatic carbocycles. The van der Waals surface area contributed by atoms with Gasteiger partial charge in [-0.2, -0.15) is 0 Å². The molecule has 2 heterocycles. The summed E-state index contributed by atoms with van der Waals surface area (Å²) in [6.45, 7) is 8.25. The van der Waals surface area contributed by atoms with E-state index < -0.39 is 0 Å². The molecule has 1 saturated heterocycles. The van der Waals surface area contributed by atoms with Crippen LogP contribution in [0, 0.1) is 0 Å². The SMILES string of the molecule is CCN(CC)c1ccnc(C(=O)Nc2ccc(N3CCCCC3)cc2)c1. The van der Waals surface area contributed by atoms with Crippen molar-refractivity contribution in [1.29, 1.82) is 0 Å². The number of hydrogen-bond donors (Lipinski definition) is 1. The third kappa shape index (κ3) is 4.34. The molecule has 0 aliphatic carbocycles. The Balaban J connectivity index is 1.67. The molecule has 1 fully saturated rings. The highest BCUT2D eigenvalue weighted by molar-refractivity contribution is 6.03. The van der Waals surface area contributed by atoms with Gasteiger partial charge in [-0.3, -0.25) is 9.78 Å². The van der Waals surface area contributed by atoms with E-state index in [9.17, 15) is 4.79 Å². The van der Waals surface area contributed by atoms with Crippen LogP contribution >= 0.6 is 0 Å². The van der Waals surface area contributed by atoms with E-state index >= 15 is 0 Å². The van der Waals surface area contributed by atoms with Crippen molar-refractivity contribution >= 4 is 23.0 Å². The topological polar surface area (TPSA) is 48.5 Å². The van der Waals surface area contributed by atoms with Gasteiger partial charge in [-0.05, 0) is 69.5 Å².